The molecule has 7 heteroatoms. The lowest BCUT2D eigenvalue weighted by atomic mass is 9.97. The van der Waals surface area contributed by atoms with Crippen molar-refractivity contribution in [1.29, 1.82) is 0 Å². The number of hydrogen-bond donors (Lipinski definition) is 0. The molecule has 0 spiro atoms. The molecule has 0 aliphatic carbocycles. The van der Waals surface area contributed by atoms with Crippen LogP contribution in [-0.2, 0) is 11.3 Å². The number of hydrogen-bond acceptors (Lipinski definition) is 6. The van der Waals surface area contributed by atoms with Gasteiger partial charge in [-0.05, 0) is 54.7 Å². The van der Waals surface area contributed by atoms with Crippen LogP contribution in [-0.4, -0.2) is 53.5 Å². The van der Waals surface area contributed by atoms with E-state index in [0.29, 0.717) is 24.7 Å². The molecular weight excluding hydrogens is 402 g/mol. The summed E-state index contributed by atoms with van der Waals surface area (Å²) >= 11 is 0. The summed E-state index contributed by atoms with van der Waals surface area (Å²) in [4.78, 5) is 31.0. The van der Waals surface area contributed by atoms with Gasteiger partial charge in [-0.25, -0.2) is 9.97 Å². The Balaban J connectivity index is 1.73. The third kappa shape index (κ3) is 4.34. The Morgan fingerprint density at radius 3 is 2.62 bits per heavy atom. The van der Waals surface area contributed by atoms with Gasteiger partial charge in [-0.2, -0.15) is 0 Å². The van der Waals surface area contributed by atoms with Gasteiger partial charge in [0.25, 0.3) is 5.91 Å². The summed E-state index contributed by atoms with van der Waals surface area (Å²) in [6, 6.07) is 9.54. The van der Waals surface area contributed by atoms with E-state index in [2.05, 4.69) is 9.97 Å². The SMILES string of the molecule is COCc1ccc(C(=O)N2CCC[C@H]2c2nc(N(C)C)ncc2-c2ccncc2C)cc1. The number of anilines is 1. The molecule has 0 radical (unpaired) electrons. The van der Waals surface area contributed by atoms with Crippen molar-refractivity contribution in [3.63, 3.8) is 0 Å². The fourth-order valence-corrected chi connectivity index (χ4v) is 4.21. The number of likely N-dealkylation sites (tertiary alicyclic amines) is 1. The van der Waals surface area contributed by atoms with Crippen LogP contribution in [0.25, 0.3) is 11.1 Å². The number of rotatable bonds is 6. The highest BCUT2D eigenvalue weighted by molar-refractivity contribution is 5.95. The summed E-state index contributed by atoms with van der Waals surface area (Å²) in [5, 5.41) is 0. The van der Waals surface area contributed by atoms with E-state index in [4.69, 9.17) is 9.72 Å². The van der Waals surface area contributed by atoms with Crippen LogP contribution in [0.4, 0.5) is 5.95 Å². The van der Waals surface area contributed by atoms with Gasteiger partial charge in [-0.15, -0.1) is 0 Å². The lowest BCUT2D eigenvalue weighted by Gasteiger charge is -2.27. The monoisotopic (exact) mass is 431 g/mol. The molecule has 1 atom stereocenters. The van der Waals surface area contributed by atoms with E-state index in [0.717, 1.165) is 40.8 Å². The van der Waals surface area contributed by atoms with Gasteiger partial charge in [0.2, 0.25) is 5.95 Å². The highest BCUT2D eigenvalue weighted by Gasteiger charge is 2.34. The molecule has 1 aromatic carbocycles. The first-order chi connectivity index (χ1) is 15.5. The zero-order valence-corrected chi connectivity index (χ0v) is 19.1. The molecule has 166 valence electrons. The van der Waals surface area contributed by atoms with Gasteiger partial charge in [0.15, 0.2) is 0 Å². The van der Waals surface area contributed by atoms with Crippen LogP contribution in [0, 0.1) is 6.92 Å². The number of nitrogens with zero attached hydrogens (tertiary/aromatic N) is 5. The topological polar surface area (TPSA) is 71.5 Å². The number of ether oxygens (including phenoxy) is 1. The van der Waals surface area contributed by atoms with Crippen LogP contribution >= 0.6 is 0 Å². The molecule has 32 heavy (non-hydrogen) atoms. The predicted octanol–water partition coefficient (Wildman–Crippen LogP) is 4.04. The van der Waals surface area contributed by atoms with Crippen molar-refractivity contribution >= 4 is 11.9 Å². The lowest BCUT2D eigenvalue weighted by molar-refractivity contribution is 0.0733. The number of benzene rings is 1. The Morgan fingerprint density at radius 2 is 1.94 bits per heavy atom. The van der Waals surface area contributed by atoms with Gasteiger partial charge in [-0.1, -0.05) is 12.1 Å². The summed E-state index contributed by atoms with van der Waals surface area (Å²) in [6.07, 6.45) is 7.31. The average Bonchev–Trinajstić information content (AvgIpc) is 3.29. The van der Waals surface area contributed by atoms with E-state index < -0.39 is 0 Å². The normalized spacial score (nSPS) is 15.8. The molecule has 1 fully saturated rings. The Hall–Kier alpha value is -3.32. The number of methoxy groups -OCH3 is 1. The second-order valence-electron chi connectivity index (χ2n) is 8.34. The van der Waals surface area contributed by atoms with Crippen molar-refractivity contribution in [1.82, 2.24) is 19.9 Å². The summed E-state index contributed by atoms with van der Waals surface area (Å²) < 4.78 is 5.18. The van der Waals surface area contributed by atoms with Gasteiger partial charge < -0.3 is 14.5 Å². The third-order valence-corrected chi connectivity index (χ3v) is 5.86. The highest BCUT2D eigenvalue weighted by atomic mass is 16.5. The van der Waals surface area contributed by atoms with Gasteiger partial charge in [0.05, 0.1) is 18.3 Å². The predicted molar refractivity (Wildman–Crippen MR) is 124 cm³/mol. The first-order valence-electron chi connectivity index (χ1n) is 10.8. The molecule has 1 aliphatic rings. The fourth-order valence-electron chi connectivity index (χ4n) is 4.21. The first kappa shape index (κ1) is 21.9. The van der Waals surface area contributed by atoms with Crippen molar-refractivity contribution in [2.24, 2.45) is 0 Å². The number of pyridine rings is 1. The molecular formula is C25H29N5O2. The first-order valence-corrected chi connectivity index (χ1v) is 10.8. The standard InChI is InChI=1S/C25H29N5O2/c1-17-14-26-12-11-20(17)21-15-27-25(29(2)3)28-23(21)22-6-5-13-30(22)24(31)19-9-7-18(8-10-19)16-32-4/h7-12,14-15,22H,5-6,13,16H2,1-4H3/t22-/m0/s1. The van der Waals surface area contributed by atoms with Crippen molar-refractivity contribution < 1.29 is 9.53 Å². The number of carbonyl (C=O) groups is 1. The van der Waals surface area contributed by atoms with Crippen LogP contribution in [0.15, 0.2) is 48.9 Å². The molecule has 0 N–H and O–H groups in total. The molecule has 2 aromatic heterocycles. The lowest BCUT2D eigenvalue weighted by Crippen LogP contribution is -2.31. The Kier molecular flexibility index (Phi) is 6.46. The number of aryl methyl sites for hydroxylation is 1. The third-order valence-electron chi connectivity index (χ3n) is 5.86. The van der Waals surface area contributed by atoms with Gasteiger partial charge >= 0.3 is 0 Å². The van der Waals surface area contributed by atoms with E-state index in [1.807, 2.05) is 73.5 Å². The molecule has 0 unspecified atom stereocenters. The highest BCUT2D eigenvalue weighted by Crippen LogP contribution is 2.38. The van der Waals surface area contributed by atoms with E-state index >= 15 is 0 Å². The maximum Gasteiger partial charge on any atom is 0.254 e. The molecule has 0 bridgehead atoms. The zero-order chi connectivity index (χ0) is 22.7. The number of carbonyl (C=O) groups excluding carboxylic acids is 1. The molecule has 1 aliphatic heterocycles. The minimum atomic E-state index is -0.106. The van der Waals surface area contributed by atoms with Crippen LogP contribution in [0.3, 0.4) is 0 Å². The van der Waals surface area contributed by atoms with Crippen LogP contribution in [0.1, 0.15) is 46.1 Å². The second-order valence-corrected chi connectivity index (χ2v) is 8.34. The largest absolute Gasteiger partial charge is 0.380 e. The van der Waals surface area contributed by atoms with Crippen LogP contribution in [0.5, 0.6) is 0 Å². The smallest absolute Gasteiger partial charge is 0.254 e. The van der Waals surface area contributed by atoms with Gasteiger partial charge in [0, 0.05) is 57.5 Å². The summed E-state index contributed by atoms with van der Waals surface area (Å²) in [6.45, 7) is 3.27. The van der Waals surface area contributed by atoms with Crippen molar-refractivity contribution in [2.45, 2.75) is 32.4 Å². The number of aromatic nitrogens is 3. The molecule has 3 heterocycles. The Labute approximate surface area is 189 Å². The average molecular weight is 432 g/mol. The maximum atomic E-state index is 13.5. The molecule has 0 saturated carbocycles. The number of amides is 1. The van der Waals surface area contributed by atoms with Crippen LogP contribution < -0.4 is 4.90 Å². The van der Waals surface area contributed by atoms with E-state index in [9.17, 15) is 4.79 Å². The summed E-state index contributed by atoms with van der Waals surface area (Å²) in [5.41, 5.74) is 5.67. The zero-order valence-electron chi connectivity index (χ0n) is 19.1. The van der Waals surface area contributed by atoms with Crippen molar-refractivity contribution in [2.75, 3.05) is 32.6 Å². The quantitative estimate of drug-likeness (QED) is 0.587. The Morgan fingerprint density at radius 1 is 1.16 bits per heavy atom. The molecule has 7 nitrogen and oxygen atoms in total. The minimum Gasteiger partial charge on any atom is -0.380 e. The van der Waals surface area contributed by atoms with E-state index in [1.165, 1.54) is 0 Å². The van der Waals surface area contributed by atoms with Crippen molar-refractivity contribution in [3.05, 3.63) is 71.3 Å². The van der Waals surface area contributed by atoms with Gasteiger partial charge in [-0.3, -0.25) is 9.78 Å². The molecule has 1 saturated heterocycles. The summed E-state index contributed by atoms with van der Waals surface area (Å²) in [7, 11) is 5.52. The maximum absolute atomic E-state index is 13.5. The van der Waals surface area contributed by atoms with Gasteiger partial charge in [0.1, 0.15) is 0 Å². The van der Waals surface area contributed by atoms with Crippen LogP contribution in [0.2, 0.25) is 0 Å². The van der Waals surface area contributed by atoms with Crippen molar-refractivity contribution in [3.8, 4) is 11.1 Å². The summed E-state index contributed by atoms with van der Waals surface area (Å²) in [5.74, 6) is 0.664. The fraction of sp³-hybridized carbons (Fsp3) is 0.360. The minimum absolute atomic E-state index is 0.0267. The molecule has 4 rings (SSSR count). The van der Waals surface area contributed by atoms with E-state index in [1.54, 1.807) is 13.3 Å². The second kappa shape index (κ2) is 9.44. The molecule has 1 amide bonds. The Bertz CT molecular complexity index is 1100. The molecule has 3 aromatic rings. The van der Waals surface area contributed by atoms with E-state index in [-0.39, 0.29) is 11.9 Å².